The largest absolute Gasteiger partial charge is 0.545 e. The standard InChI is InChI=1S/C22H16N2O6/c25-19(23-17-7-3-1-5-15(17)21(27)28)13-9-11-14(12-10-13)20(26)24-18-8-4-2-6-16(18)22(29)30/h1-12H,(H,23,25)(H,24,26)(H,27,28)(H,29,30)/p-2. The van der Waals surface area contributed by atoms with Gasteiger partial charge in [-0.2, -0.15) is 0 Å². The highest BCUT2D eigenvalue weighted by Gasteiger charge is 2.13. The Labute approximate surface area is 170 Å². The number of carbonyl (C=O) groups excluding carboxylic acids is 4. The van der Waals surface area contributed by atoms with Crippen LogP contribution >= 0.6 is 0 Å². The summed E-state index contributed by atoms with van der Waals surface area (Å²) in [7, 11) is 0. The van der Waals surface area contributed by atoms with Gasteiger partial charge in [-0.15, -0.1) is 0 Å². The summed E-state index contributed by atoms with van der Waals surface area (Å²) >= 11 is 0. The van der Waals surface area contributed by atoms with Gasteiger partial charge in [0.1, 0.15) is 0 Å². The van der Waals surface area contributed by atoms with Crippen LogP contribution in [0, 0.1) is 0 Å². The van der Waals surface area contributed by atoms with Crippen molar-refractivity contribution in [3.8, 4) is 0 Å². The highest BCUT2D eigenvalue weighted by atomic mass is 16.4. The third kappa shape index (κ3) is 4.50. The van der Waals surface area contributed by atoms with Gasteiger partial charge in [-0.25, -0.2) is 0 Å². The van der Waals surface area contributed by atoms with E-state index in [2.05, 4.69) is 10.6 Å². The molecule has 0 heterocycles. The Morgan fingerprint density at radius 3 is 1.20 bits per heavy atom. The van der Waals surface area contributed by atoms with E-state index in [1.807, 2.05) is 0 Å². The minimum Gasteiger partial charge on any atom is -0.545 e. The summed E-state index contributed by atoms with van der Waals surface area (Å²) in [5.41, 5.74) is 0.234. The number of anilines is 2. The summed E-state index contributed by atoms with van der Waals surface area (Å²) in [6.45, 7) is 0. The molecule has 0 spiro atoms. The second-order valence-electron chi connectivity index (χ2n) is 6.15. The molecule has 0 fully saturated rings. The normalized spacial score (nSPS) is 10.1. The molecule has 3 rings (SSSR count). The van der Waals surface area contributed by atoms with Crippen LogP contribution in [-0.4, -0.2) is 23.8 Å². The van der Waals surface area contributed by atoms with E-state index >= 15 is 0 Å². The van der Waals surface area contributed by atoms with Crippen molar-refractivity contribution in [2.75, 3.05) is 10.6 Å². The summed E-state index contributed by atoms with van der Waals surface area (Å²) < 4.78 is 0. The van der Waals surface area contributed by atoms with E-state index < -0.39 is 23.8 Å². The van der Waals surface area contributed by atoms with Crippen LogP contribution in [0.2, 0.25) is 0 Å². The number of aromatic carboxylic acids is 2. The molecular formula is C22H14N2O6-2. The number of carboxylic acids is 2. The van der Waals surface area contributed by atoms with Crippen molar-refractivity contribution < 1.29 is 29.4 Å². The summed E-state index contributed by atoms with van der Waals surface area (Å²) in [5.74, 6) is -3.99. The molecule has 8 heteroatoms. The van der Waals surface area contributed by atoms with Crippen LogP contribution < -0.4 is 20.8 Å². The van der Waals surface area contributed by atoms with Crippen LogP contribution in [0.3, 0.4) is 0 Å². The average Bonchev–Trinajstić information content (AvgIpc) is 2.74. The third-order valence-electron chi connectivity index (χ3n) is 4.20. The molecule has 0 saturated heterocycles. The van der Waals surface area contributed by atoms with Crippen molar-refractivity contribution in [3.63, 3.8) is 0 Å². The van der Waals surface area contributed by atoms with Crippen LogP contribution in [0.5, 0.6) is 0 Å². The number of benzene rings is 3. The molecule has 2 N–H and O–H groups in total. The molecule has 0 radical (unpaired) electrons. The summed E-state index contributed by atoms with van der Waals surface area (Å²) in [6, 6.07) is 17.2. The second kappa shape index (κ2) is 8.70. The van der Waals surface area contributed by atoms with Crippen LogP contribution in [0.4, 0.5) is 11.4 Å². The maximum Gasteiger partial charge on any atom is 0.255 e. The molecule has 0 saturated carbocycles. The van der Waals surface area contributed by atoms with E-state index in [4.69, 9.17) is 0 Å². The van der Waals surface area contributed by atoms with Crippen molar-refractivity contribution >= 4 is 35.1 Å². The van der Waals surface area contributed by atoms with Crippen LogP contribution in [0.25, 0.3) is 0 Å². The minimum atomic E-state index is -1.42. The lowest BCUT2D eigenvalue weighted by atomic mass is 10.1. The molecule has 3 aromatic rings. The van der Waals surface area contributed by atoms with E-state index in [9.17, 15) is 29.4 Å². The van der Waals surface area contributed by atoms with Gasteiger partial charge in [0.15, 0.2) is 0 Å². The van der Waals surface area contributed by atoms with Crippen LogP contribution in [-0.2, 0) is 0 Å². The van der Waals surface area contributed by atoms with Crippen molar-refractivity contribution in [2.45, 2.75) is 0 Å². The molecule has 150 valence electrons. The molecule has 0 aliphatic rings. The third-order valence-corrected chi connectivity index (χ3v) is 4.20. The fourth-order valence-electron chi connectivity index (χ4n) is 2.70. The first-order valence-corrected chi connectivity index (χ1v) is 8.70. The quantitative estimate of drug-likeness (QED) is 0.629. The van der Waals surface area contributed by atoms with E-state index in [0.29, 0.717) is 0 Å². The first kappa shape index (κ1) is 20.3. The summed E-state index contributed by atoms with van der Waals surface area (Å²) in [6.07, 6.45) is 0. The maximum atomic E-state index is 12.4. The second-order valence-corrected chi connectivity index (χ2v) is 6.15. The van der Waals surface area contributed by atoms with Gasteiger partial charge in [-0.1, -0.05) is 36.4 Å². The van der Waals surface area contributed by atoms with Gasteiger partial charge >= 0.3 is 0 Å². The lowest BCUT2D eigenvalue weighted by molar-refractivity contribution is -0.256. The van der Waals surface area contributed by atoms with Gasteiger partial charge in [-0.3, -0.25) is 9.59 Å². The summed E-state index contributed by atoms with van der Waals surface area (Å²) in [5, 5.41) is 27.2. The molecular weight excluding hydrogens is 388 g/mol. The van der Waals surface area contributed by atoms with Crippen molar-refractivity contribution in [3.05, 3.63) is 95.1 Å². The molecule has 0 aromatic heterocycles. The Hall–Kier alpha value is -4.46. The Bertz CT molecular complexity index is 1050. The number of hydrogen-bond acceptors (Lipinski definition) is 6. The summed E-state index contributed by atoms with van der Waals surface area (Å²) in [4.78, 5) is 47.0. The molecule has 0 bridgehead atoms. The number of rotatable bonds is 6. The molecule has 0 aliphatic carbocycles. The lowest BCUT2D eigenvalue weighted by Crippen LogP contribution is -2.25. The number of carboxylic acid groups (broad SMARTS) is 2. The van der Waals surface area contributed by atoms with Crippen molar-refractivity contribution in [2.24, 2.45) is 0 Å². The molecule has 2 amide bonds. The van der Waals surface area contributed by atoms with E-state index in [1.54, 1.807) is 12.1 Å². The topological polar surface area (TPSA) is 138 Å². The molecule has 8 nitrogen and oxygen atoms in total. The maximum absolute atomic E-state index is 12.4. The minimum absolute atomic E-state index is 0.0863. The van der Waals surface area contributed by atoms with Crippen LogP contribution in [0.1, 0.15) is 41.4 Å². The van der Waals surface area contributed by atoms with Gasteiger partial charge in [0.25, 0.3) is 11.8 Å². The first-order chi connectivity index (χ1) is 14.4. The van der Waals surface area contributed by atoms with E-state index in [1.165, 1.54) is 60.7 Å². The number of para-hydroxylation sites is 2. The van der Waals surface area contributed by atoms with E-state index in [-0.39, 0.29) is 33.6 Å². The number of amides is 2. The molecule has 3 aromatic carbocycles. The number of nitrogens with one attached hydrogen (secondary N) is 2. The molecule has 0 atom stereocenters. The Balaban J connectivity index is 1.74. The highest BCUT2D eigenvalue weighted by Crippen LogP contribution is 2.18. The Kier molecular flexibility index (Phi) is 5.88. The number of carbonyl (C=O) groups is 4. The lowest BCUT2D eigenvalue weighted by Gasteiger charge is -2.13. The average molecular weight is 402 g/mol. The fourth-order valence-corrected chi connectivity index (χ4v) is 2.70. The zero-order valence-electron chi connectivity index (χ0n) is 15.4. The smallest absolute Gasteiger partial charge is 0.255 e. The van der Waals surface area contributed by atoms with E-state index in [0.717, 1.165) is 0 Å². The van der Waals surface area contributed by atoms with Gasteiger partial charge in [-0.05, 0) is 36.4 Å². The van der Waals surface area contributed by atoms with Gasteiger partial charge in [0, 0.05) is 22.3 Å². The monoisotopic (exact) mass is 402 g/mol. The Morgan fingerprint density at radius 1 is 0.533 bits per heavy atom. The fraction of sp³-hybridized carbons (Fsp3) is 0. The molecule has 30 heavy (non-hydrogen) atoms. The first-order valence-electron chi connectivity index (χ1n) is 8.70. The number of hydrogen-bond donors (Lipinski definition) is 2. The zero-order chi connectivity index (χ0) is 21.7. The molecule has 0 unspecified atom stereocenters. The SMILES string of the molecule is O=C(Nc1ccccc1C(=O)[O-])c1ccc(C(=O)Nc2ccccc2C(=O)[O-])cc1. The van der Waals surface area contributed by atoms with Crippen molar-refractivity contribution in [1.82, 2.24) is 0 Å². The van der Waals surface area contributed by atoms with Gasteiger partial charge in [0.05, 0.1) is 23.3 Å². The molecule has 0 aliphatic heterocycles. The highest BCUT2D eigenvalue weighted by molar-refractivity contribution is 6.10. The predicted molar refractivity (Wildman–Crippen MR) is 104 cm³/mol. The Morgan fingerprint density at radius 2 is 0.867 bits per heavy atom. The van der Waals surface area contributed by atoms with Gasteiger partial charge < -0.3 is 30.4 Å². The zero-order valence-corrected chi connectivity index (χ0v) is 15.4. The van der Waals surface area contributed by atoms with Gasteiger partial charge in [0.2, 0.25) is 0 Å². The van der Waals surface area contributed by atoms with Crippen molar-refractivity contribution in [1.29, 1.82) is 0 Å². The predicted octanol–water partition coefficient (Wildman–Crippen LogP) is 0.918. The van der Waals surface area contributed by atoms with Crippen LogP contribution in [0.15, 0.2) is 72.8 Å².